The van der Waals surface area contributed by atoms with E-state index in [4.69, 9.17) is 9.72 Å². The molecule has 1 aliphatic rings. The second-order valence-corrected chi connectivity index (χ2v) is 7.66. The maximum absolute atomic E-state index is 13.2. The van der Waals surface area contributed by atoms with Crippen molar-refractivity contribution in [1.29, 1.82) is 0 Å². The lowest BCUT2D eigenvalue weighted by atomic mass is 9.90. The Hall–Kier alpha value is -2.31. The molecular weight excluding hydrogens is 347 g/mol. The van der Waals surface area contributed by atoms with E-state index >= 15 is 0 Å². The summed E-state index contributed by atoms with van der Waals surface area (Å²) in [5.74, 6) is -0.337. The highest BCUT2D eigenvalue weighted by Gasteiger charge is 2.39. The van der Waals surface area contributed by atoms with Crippen molar-refractivity contribution in [3.63, 3.8) is 0 Å². The van der Waals surface area contributed by atoms with E-state index in [1.165, 1.54) is 19.2 Å². The second kappa shape index (κ2) is 7.37. The molecule has 0 saturated heterocycles. The number of hydrogen-bond donors (Lipinski definition) is 1. The van der Waals surface area contributed by atoms with E-state index in [1.807, 2.05) is 19.9 Å². The van der Waals surface area contributed by atoms with Gasteiger partial charge in [0.2, 0.25) is 5.91 Å². The van der Waals surface area contributed by atoms with Crippen LogP contribution < -0.4 is 4.90 Å². The molecule has 144 valence electrons. The molecule has 0 bridgehead atoms. The van der Waals surface area contributed by atoms with Gasteiger partial charge in [-0.2, -0.15) is 0 Å². The molecule has 0 saturated carbocycles. The average Bonchev–Trinajstić information content (AvgIpc) is 2.87. The van der Waals surface area contributed by atoms with Crippen LogP contribution in [0.25, 0.3) is 0 Å². The standard InChI is InChI=1S/C21H25FN2O3/c1-13(25)24-12-21(2,3)20-17(24)10-15(19(23-20)18(26)11-27-4)9-14-5-7-16(22)8-6-14/h5-8,10,18,26H,9,11-12H2,1-4H3. The Morgan fingerprint density at radius 2 is 2.04 bits per heavy atom. The molecule has 5 nitrogen and oxygen atoms in total. The maximum Gasteiger partial charge on any atom is 0.223 e. The molecule has 0 radical (unpaired) electrons. The summed E-state index contributed by atoms with van der Waals surface area (Å²) in [6.07, 6.45) is -0.402. The van der Waals surface area contributed by atoms with Gasteiger partial charge in [-0.25, -0.2) is 4.39 Å². The van der Waals surface area contributed by atoms with Crippen molar-refractivity contribution in [2.45, 2.75) is 38.7 Å². The van der Waals surface area contributed by atoms with Crippen LogP contribution >= 0.6 is 0 Å². The van der Waals surface area contributed by atoms with Gasteiger partial charge in [0.25, 0.3) is 0 Å². The Morgan fingerprint density at radius 3 is 2.63 bits per heavy atom. The number of nitrogens with zero attached hydrogens (tertiary/aromatic N) is 2. The molecule has 1 unspecified atom stereocenters. The van der Waals surface area contributed by atoms with Gasteiger partial charge in [-0.15, -0.1) is 0 Å². The third-order valence-corrected chi connectivity index (χ3v) is 4.93. The van der Waals surface area contributed by atoms with Crippen LogP contribution in [0.3, 0.4) is 0 Å². The van der Waals surface area contributed by atoms with E-state index in [0.29, 0.717) is 18.7 Å². The van der Waals surface area contributed by atoms with Crippen molar-refractivity contribution in [2.24, 2.45) is 0 Å². The number of amides is 1. The van der Waals surface area contributed by atoms with Crippen molar-refractivity contribution < 1.29 is 19.0 Å². The number of hydrogen-bond acceptors (Lipinski definition) is 4. The zero-order valence-electron chi connectivity index (χ0n) is 16.1. The summed E-state index contributed by atoms with van der Waals surface area (Å²) in [5, 5.41) is 10.6. The van der Waals surface area contributed by atoms with Crippen LogP contribution in [0, 0.1) is 5.82 Å². The Balaban J connectivity index is 2.11. The van der Waals surface area contributed by atoms with Crippen molar-refractivity contribution >= 4 is 11.6 Å². The normalized spacial score (nSPS) is 16.3. The van der Waals surface area contributed by atoms with Crippen LogP contribution in [0.2, 0.25) is 0 Å². The van der Waals surface area contributed by atoms with E-state index in [0.717, 1.165) is 22.5 Å². The Bertz CT molecular complexity index is 849. The van der Waals surface area contributed by atoms with Gasteiger partial charge in [-0.3, -0.25) is 9.78 Å². The fourth-order valence-electron chi connectivity index (χ4n) is 3.59. The van der Waals surface area contributed by atoms with Crippen molar-refractivity contribution in [3.05, 3.63) is 58.7 Å². The fourth-order valence-corrected chi connectivity index (χ4v) is 3.59. The van der Waals surface area contributed by atoms with Gasteiger partial charge >= 0.3 is 0 Å². The zero-order chi connectivity index (χ0) is 19.8. The lowest BCUT2D eigenvalue weighted by molar-refractivity contribution is -0.116. The van der Waals surface area contributed by atoms with Gasteiger partial charge < -0.3 is 14.7 Å². The van der Waals surface area contributed by atoms with Crippen LogP contribution in [0.1, 0.15) is 49.4 Å². The zero-order valence-corrected chi connectivity index (χ0v) is 16.1. The SMILES string of the molecule is COCC(O)c1nc2c(cc1Cc1ccc(F)cc1)N(C(C)=O)CC2(C)C. The minimum atomic E-state index is -0.877. The topological polar surface area (TPSA) is 62.7 Å². The van der Waals surface area contributed by atoms with Crippen LogP contribution in [0.4, 0.5) is 10.1 Å². The minimum absolute atomic E-state index is 0.0402. The Morgan fingerprint density at radius 1 is 1.37 bits per heavy atom. The quantitative estimate of drug-likeness (QED) is 0.876. The van der Waals surface area contributed by atoms with E-state index in [1.54, 1.807) is 24.0 Å². The summed E-state index contributed by atoms with van der Waals surface area (Å²) in [7, 11) is 1.53. The molecule has 1 aliphatic heterocycles. The molecule has 1 N–H and O–H groups in total. The largest absolute Gasteiger partial charge is 0.384 e. The average molecular weight is 372 g/mol. The van der Waals surface area contributed by atoms with Gasteiger partial charge in [0.15, 0.2) is 0 Å². The molecule has 1 atom stereocenters. The molecule has 1 amide bonds. The number of fused-ring (bicyclic) bond motifs is 1. The first kappa shape index (κ1) is 19.5. The smallest absolute Gasteiger partial charge is 0.223 e. The first-order chi connectivity index (χ1) is 12.7. The summed E-state index contributed by atoms with van der Waals surface area (Å²) in [5.41, 5.74) is 3.50. The molecule has 0 aliphatic carbocycles. The molecular formula is C21H25FN2O3. The predicted molar refractivity (Wildman–Crippen MR) is 101 cm³/mol. The van der Waals surface area contributed by atoms with Gasteiger partial charge in [0, 0.05) is 26.0 Å². The molecule has 0 spiro atoms. The van der Waals surface area contributed by atoms with Crippen LogP contribution in [0.15, 0.2) is 30.3 Å². The first-order valence-corrected chi connectivity index (χ1v) is 8.97. The summed E-state index contributed by atoms with van der Waals surface area (Å²) in [4.78, 5) is 18.6. The van der Waals surface area contributed by atoms with Gasteiger partial charge in [-0.1, -0.05) is 26.0 Å². The third kappa shape index (κ3) is 3.87. The molecule has 2 aromatic rings. The third-order valence-electron chi connectivity index (χ3n) is 4.93. The summed E-state index contributed by atoms with van der Waals surface area (Å²) in [6.45, 7) is 6.28. The molecule has 6 heteroatoms. The van der Waals surface area contributed by atoms with E-state index < -0.39 is 6.10 Å². The van der Waals surface area contributed by atoms with E-state index in [9.17, 15) is 14.3 Å². The van der Waals surface area contributed by atoms with Crippen LogP contribution in [-0.2, 0) is 21.4 Å². The summed E-state index contributed by atoms with van der Waals surface area (Å²) < 4.78 is 18.3. The number of carbonyl (C=O) groups excluding carboxylic acids is 1. The Labute approximate surface area is 158 Å². The highest BCUT2D eigenvalue weighted by Crippen LogP contribution is 2.41. The number of methoxy groups -OCH3 is 1. The number of ether oxygens (including phenoxy) is 1. The molecule has 1 aromatic heterocycles. The molecule has 2 heterocycles. The van der Waals surface area contributed by atoms with Crippen LogP contribution in [-0.4, -0.2) is 36.3 Å². The number of aromatic nitrogens is 1. The number of anilines is 1. The predicted octanol–water partition coefficient (Wildman–Crippen LogP) is 3.14. The van der Waals surface area contributed by atoms with E-state index in [-0.39, 0.29) is 23.7 Å². The lowest BCUT2D eigenvalue weighted by Crippen LogP contribution is -2.32. The number of pyridine rings is 1. The summed E-state index contributed by atoms with van der Waals surface area (Å²) >= 11 is 0. The van der Waals surface area contributed by atoms with Crippen LogP contribution in [0.5, 0.6) is 0 Å². The first-order valence-electron chi connectivity index (χ1n) is 8.97. The fraction of sp³-hybridized carbons (Fsp3) is 0.429. The Kier molecular flexibility index (Phi) is 5.31. The van der Waals surface area contributed by atoms with E-state index in [2.05, 4.69) is 0 Å². The van der Waals surface area contributed by atoms with Crippen molar-refractivity contribution in [2.75, 3.05) is 25.2 Å². The van der Waals surface area contributed by atoms with Crippen molar-refractivity contribution in [1.82, 2.24) is 4.98 Å². The molecule has 3 rings (SSSR count). The van der Waals surface area contributed by atoms with Gasteiger partial charge in [0.05, 0.1) is 23.7 Å². The van der Waals surface area contributed by atoms with Gasteiger partial charge in [0.1, 0.15) is 11.9 Å². The number of halogens is 1. The van der Waals surface area contributed by atoms with Crippen molar-refractivity contribution in [3.8, 4) is 0 Å². The molecule has 0 fully saturated rings. The molecule has 27 heavy (non-hydrogen) atoms. The lowest BCUT2D eigenvalue weighted by Gasteiger charge is -2.20. The number of benzene rings is 1. The summed E-state index contributed by atoms with van der Waals surface area (Å²) in [6, 6.07) is 8.16. The number of aliphatic hydroxyl groups excluding tert-OH is 1. The number of carbonyl (C=O) groups is 1. The molecule has 1 aromatic carbocycles. The highest BCUT2D eigenvalue weighted by atomic mass is 19.1. The second-order valence-electron chi connectivity index (χ2n) is 7.66. The van der Waals surface area contributed by atoms with Gasteiger partial charge in [-0.05, 0) is 35.7 Å². The maximum atomic E-state index is 13.2. The monoisotopic (exact) mass is 372 g/mol. The number of rotatable bonds is 5. The minimum Gasteiger partial charge on any atom is -0.384 e. The highest BCUT2D eigenvalue weighted by molar-refractivity contribution is 5.94. The number of aliphatic hydroxyl groups is 1.